The van der Waals surface area contributed by atoms with Crippen LogP contribution in [-0.2, 0) is 12.8 Å². The first-order valence-electron chi connectivity index (χ1n) is 7.69. The van der Waals surface area contributed by atoms with Gasteiger partial charge in [0.05, 0.1) is 18.8 Å². The van der Waals surface area contributed by atoms with E-state index >= 15 is 0 Å². The summed E-state index contributed by atoms with van der Waals surface area (Å²) in [7, 11) is 0. The Morgan fingerprint density at radius 3 is 2.59 bits per heavy atom. The Balaban J connectivity index is 2.05. The van der Waals surface area contributed by atoms with Crippen LogP contribution in [0, 0.1) is 0 Å². The summed E-state index contributed by atoms with van der Waals surface area (Å²) < 4.78 is 5.49. The summed E-state index contributed by atoms with van der Waals surface area (Å²) in [4.78, 5) is 0. The van der Waals surface area contributed by atoms with Crippen molar-refractivity contribution in [1.82, 2.24) is 5.32 Å². The maximum absolute atomic E-state index is 10.3. The second-order valence-electron chi connectivity index (χ2n) is 6.06. The lowest BCUT2D eigenvalue weighted by atomic mass is 9.86. The molecule has 0 radical (unpaired) electrons. The van der Waals surface area contributed by atoms with Gasteiger partial charge in [-0.2, -0.15) is 0 Å². The van der Waals surface area contributed by atoms with Gasteiger partial charge in [-0.3, -0.25) is 0 Å². The summed E-state index contributed by atoms with van der Waals surface area (Å²) >= 11 is 0. The highest BCUT2D eigenvalue weighted by Gasteiger charge is 2.30. The second-order valence-corrected chi connectivity index (χ2v) is 6.06. The average Bonchev–Trinajstić information content (AvgIpc) is 2.44. The van der Waals surface area contributed by atoms with Crippen molar-refractivity contribution in [3.63, 3.8) is 0 Å². The molecule has 0 spiro atoms. The van der Waals surface area contributed by atoms with E-state index in [9.17, 15) is 20.4 Å². The van der Waals surface area contributed by atoms with Crippen LogP contribution in [0.2, 0.25) is 0 Å². The topological polar surface area (TPSA) is 102 Å². The predicted molar refractivity (Wildman–Crippen MR) is 82.4 cm³/mol. The minimum atomic E-state index is -0.911. The van der Waals surface area contributed by atoms with E-state index in [2.05, 4.69) is 19.2 Å². The van der Waals surface area contributed by atoms with Crippen molar-refractivity contribution in [3.05, 3.63) is 17.2 Å². The van der Waals surface area contributed by atoms with E-state index in [0.29, 0.717) is 23.8 Å². The highest BCUT2D eigenvalue weighted by atomic mass is 16.5. The normalized spacial score (nSPS) is 21.0. The van der Waals surface area contributed by atoms with Crippen LogP contribution in [0.25, 0.3) is 0 Å². The monoisotopic (exact) mass is 311 g/mol. The largest absolute Gasteiger partial charge is 0.504 e. The lowest BCUT2D eigenvalue weighted by molar-refractivity contribution is 0.0135. The predicted octanol–water partition coefficient (Wildman–Crippen LogP) is 0.685. The highest BCUT2D eigenvalue weighted by Crippen LogP contribution is 2.43. The van der Waals surface area contributed by atoms with Gasteiger partial charge in [0.25, 0.3) is 0 Å². The zero-order valence-electron chi connectivity index (χ0n) is 13.0. The van der Waals surface area contributed by atoms with Crippen molar-refractivity contribution in [2.45, 2.75) is 51.4 Å². The van der Waals surface area contributed by atoms with E-state index in [4.69, 9.17) is 4.74 Å². The lowest BCUT2D eigenvalue weighted by Crippen LogP contribution is -2.34. The third-order valence-corrected chi connectivity index (χ3v) is 3.84. The number of hydrogen-bond acceptors (Lipinski definition) is 6. The third-order valence-electron chi connectivity index (χ3n) is 3.84. The SMILES string of the molecule is CC(C)NCCCOc1c(O)cc2c(c1O)CC(O)C(O)C2. The summed E-state index contributed by atoms with van der Waals surface area (Å²) in [5.41, 5.74) is 1.17. The Kier molecular flexibility index (Phi) is 5.50. The smallest absolute Gasteiger partial charge is 0.203 e. The first-order chi connectivity index (χ1) is 10.4. The lowest BCUT2D eigenvalue weighted by Gasteiger charge is -2.27. The number of ether oxygens (including phenoxy) is 1. The van der Waals surface area contributed by atoms with E-state index < -0.39 is 12.2 Å². The number of phenolic OH excluding ortho intramolecular Hbond substituents is 2. The number of nitrogens with one attached hydrogen (secondary N) is 1. The molecule has 2 unspecified atom stereocenters. The van der Waals surface area contributed by atoms with Crippen molar-refractivity contribution in [2.75, 3.05) is 13.2 Å². The molecule has 1 aliphatic rings. The van der Waals surface area contributed by atoms with Gasteiger partial charge in [-0.15, -0.1) is 0 Å². The maximum Gasteiger partial charge on any atom is 0.203 e. The van der Waals surface area contributed by atoms with Crippen LogP contribution in [0.3, 0.4) is 0 Å². The molecule has 0 bridgehead atoms. The number of fused-ring (bicyclic) bond motifs is 1. The maximum atomic E-state index is 10.3. The van der Waals surface area contributed by atoms with Crippen LogP contribution < -0.4 is 10.1 Å². The van der Waals surface area contributed by atoms with E-state index in [1.165, 1.54) is 6.07 Å². The van der Waals surface area contributed by atoms with Crippen molar-refractivity contribution in [2.24, 2.45) is 0 Å². The molecule has 0 saturated heterocycles. The van der Waals surface area contributed by atoms with Crippen molar-refractivity contribution in [3.8, 4) is 17.2 Å². The van der Waals surface area contributed by atoms with Crippen molar-refractivity contribution < 1.29 is 25.2 Å². The van der Waals surface area contributed by atoms with Gasteiger partial charge in [0.15, 0.2) is 11.5 Å². The Labute approximate surface area is 130 Å². The Hall–Kier alpha value is -1.50. The molecule has 0 amide bonds. The van der Waals surface area contributed by atoms with Crippen LogP contribution in [0.4, 0.5) is 0 Å². The standard InChI is InChI=1S/C16H25NO5/c1-9(2)17-4-3-5-22-16-14(20)7-10-6-12(18)13(19)8-11(10)15(16)21/h7,9,12-13,17-21H,3-6,8H2,1-2H3. The minimum absolute atomic E-state index is 0.0480. The number of aromatic hydroxyl groups is 2. The highest BCUT2D eigenvalue weighted by molar-refractivity contribution is 5.58. The zero-order valence-corrected chi connectivity index (χ0v) is 13.0. The molecule has 2 atom stereocenters. The molecular formula is C16H25NO5. The molecule has 0 heterocycles. The molecule has 5 N–H and O–H groups in total. The van der Waals surface area contributed by atoms with Crippen LogP contribution in [-0.4, -0.2) is 51.8 Å². The van der Waals surface area contributed by atoms with Gasteiger partial charge in [-0.1, -0.05) is 13.8 Å². The molecular weight excluding hydrogens is 286 g/mol. The van der Waals surface area contributed by atoms with Crippen molar-refractivity contribution >= 4 is 0 Å². The van der Waals surface area contributed by atoms with Crippen LogP contribution in [0.15, 0.2) is 6.07 Å². The summed E-state index contributed by atoms with van der Waals surface area (Å²) in [5, 5.41) is 42.9. The molecule has 1 aromatic rings. The Morgan fingerprint density at radius 2 is 1.91 bits per heavy atom. The van der Waals surface area contributed by atoms with Gasteiger partial charge >= 0.3 is 0 Å². The number of phenols is 2. The molecule has 124 valence electrons. The van der Waals surface area contributed by atoms with Crippen LogP contribution in [0.1, 0.15) is 31.4 Å². The summed E-state index contributed by atoms with van der Waals surface area (Å²) in [6, 6.07) is 1.89. The fourth-order valence-corrected chi connectivity index (χ4v) is 2.62. The fraction of sp³-hybridized carbons (Fsp3) is 0.625. The number of aliphatic hydroxyl groups excluding tert-OH is 2. The summed E-state index contributed by atoms with van der Waals surface area (Å²) in [6.07, 6.45) is -0.689. The van der Waals surface area contributed by atoms with Gasteiger partial charge in [-0.25, -0.2) is 0 Å². The van der Waals surface area contributed by atoms with E-state index in [0.717, 1.165) is 13.0 Å². The molecule has 6 nitrogen and oxygen atoms in total. The fourth-order valence-electron chi connectivity index (χ4n) is 2.62. The third kappa shape index (κ3) is 3.82. The molecule has 1 aromatic carbocycles. The van der Waals surface area contributed by atoms with Crippen molar-refractivity contribution in [1.29, 1.82) is 0 Å². The quantitative estimate of drug-likeness (QED) is 0.495. The second kappa shape index (κ2) is 7.17. The van der Waals surface area contributed by atoms with E-state index in [1.54, 1.807) is 0 Å². The van der Waals surface area contributed by atoms with Gasteiger partial charge in [0.2, 0.25) is 5.75 Å². The van der Waals surface area contributed by atoms with Gasteiger partial charge in [-0.05, 0) is 24.6 Å². The van der Waals surface area contributed by atoms with Gasteiger partial charge in [0.1, 0.15) is 0 Å². The summed E-state index contributed by atoms with van der Waals surface area (Å²) in [5.74, 6) is -0.235. The van der Waals surface area contributed by atoms with Crippen LogP contribution >= 0.6 is 0 Å². The molecule has 0 aliphatic heterocycles. The van der Waals surface area contributed by atoms with E-state index in [1.807, 2.05) is 0 Å². The van der Waals surface area contributed by atoms with E-state index in [-0.39, 0.29) is 30.1 Å². The van der Waals surface area contributed by atoms with Crippen LogP contribution in [0.5, 0.6) is 17.2 Å². The van der Waals surface area contributed by atoms with Gasteiger partial charge in [0, 0.05) is 24.4 Å². The molecule has 0 fully saturated rings. The average molecular weight is 311 g/mol. The number of benzene rings is 1. The number of hydrogen-bond donors (Lipinski definition) is 5. The molecule has 6 heteroatoms. The first kappa shape index (κ1) is 16.9. The molecule has 1 aliphatic carbocycles. The Morgan fingerprint density at radius 1 is 1.23 bits per heavy atom. The Bertz CT molecular complexity index is 518. The molecule has 0 aromatic heterocycles. The van der Waals surface area contributed by atoms with Gasteiger partial charge < -0.3 is 30.5 Å². The first-order valence-corrected chi connectivity index (χ1v) is 7.69. The molecule has 2 rings (SSSR count). The molecule has 0 saturated carbocycles. The zero-order chi connectivity index (χ0) is 16.3. The number of aliphatic hydroxyl groups is 2. The number of rotatable bonds is 6. The summed E-state index contributed by atoms with van der Waals surface area (Å²) in [6.45, 7) is 5.27. The minimum Gasteiger partial charge on any atom is -0.504 e. The molecule has 22 heavy (non-hydrogen) atoms.